The summed E-state index contributed by atoms with van der Waals surface area (Å²) in [6.07, 6.45) is 2.10. The Morgan fingerprint density at radius 2 is 2.12 bits per heavy atom. The van der Waals surface area contributed by atoms with Gasteiger partial charge in [0.2, 0.25) is 6.79 Å². The molecule has 0 N–H and O–H groups in total. The van der Waals surface area contributed by atoms with E-state index in [1.54, 1.807) is 17.4 Å². The summed E-state index contributed by atoms with van der Waals surface area (Å²) in [7, 11) is 0. The smallest absolute Gasteiger partial charge is 0.253 e. The number of carbonyl (C=O) groups excluding carboxylic acids is 1. The highest BCUT2D eigenvalue weighted by atomic mass is 32.2. The summed E-state index contributed by atoms with van der Waals surface area (Å²) in [6.45, 7) is 3.89. The molecule has 1 aromatic heterocycles. The van der Waals surface area contributed by atoms with Crippen molar-refractivity contribution in [3.05, 3.63) is 34.8 Å². The fraction of sp³-hybridized carbons (Fsp3) is 0.444. The van der Waals surface area contributed by atoms with Crippen molar-refractivity contribution in [3.63, 3.8) is 0 Å². The first-order chi connectivity index (χ1) is 12.2. The SMILES string of the molecule is Cc1csc(SCC2CCN(C(=O)c3ccc4c(c3)OCO4)CC2)n1. The van der Waals surface area contributed by atoms with Crippen LogP contribution in [0.15, 0.2) is 27.9 Å². The minimum Gasteiger partial charge on any atom is -0.454 e. The van der Waals surface area contributed by atoms with Crippen LogP contribution in [0, 0.1) is 12.8 Å². The van der Waals surface area contributed by atoms with Gasteiger partial charge in [0.25, 0.3) is 5.91 Å². The molecule has 0 bridgehead atoms. The summed E-state index contributed by atoms with van der Waals surface area (Å²) < 4.78 is 11.8. The Balaban J connectivity index is 1.30. The molecule has 1 amide bonds. The van der Waals surface area contributed by atoms with Crippen LogP contribution in [-0.2, 0) is 0 Å². The van der Waals surface area contributed by atoms with Crippen LogP contribution in [0.1, 0.15) is 28.9 Å². The van der Waals surface area contributed by atoms with Gasteiger partial charge in [-0.2, -0.15) is 0 Å². The van der Waals surface area contributed by atoms with Crippen LogP contribution in [0.25, 0.3) is 0 Å². The molecular weight excluding hydrogens is 356 g/mol. The van der Waals surface area contributed by atoms with Crippen LogP contribution >= 0.6 is 23.1 Å². The predicted octanol–water partition coefficient (Wildman–Crippen LogP) is 3.82. The Kier molecular flexibility index (Phi) is 4.85. The van der Waals surface area contributed by atoms with Crippen LogP contribution in [-0.4, -0.2) is 41.4 Å². The van der Waals surface area contributed by atoms with E-state index in [-0.39, 0.29) is 12.7 Å². The van der Waals surface area contributed by atoms with E-state index in [1.165, 1.54) is 0 Å². The van der Waals surface area contributed by atoms with Crippen molar-refractivity contribution in [3.8, 4) is 11.5 Å². The van der Waals surface area contributed by atoms with Crippen LogP contribution in [0.5, 0.6) is 11.5 Å². The second kappa shape index (κ2) is 7.25. The first-order valence-electron chi connectivity index (χ1n) is 8.43. The zero-order chi connectivity index (χ0) is 17.2. The van der Waals surface area contributed by atoms with Gasteiger partial charge >= 0.3 is 0 Å². The van der Waals surface area contributed by atoms with Crippen molar-refractivity contribution in [1.82, 2.24) is 9.88 Å². The highest BCUT2D eigenvalue weighted by Crippen LogP contribution is 2.33. The zero-order valence-electron chi connectivity index (χ0n) is 14.1. The number of likely N-dealkylation sites (tertiary alicyclic amines) is 1. The number of thioether (sulfide) groups is 1. The van der Waals surface area contributed by atoms with Gasteiger partial charge in [0.05, 0.1) is 0 Å². The Labute approximate surface area is 155 Å². The van der Waals surface area contributed by atoms with E-state index < -0.39 is 0 Å². The van der Waals surface area contributed by atoms with Gasteiger partial charge in [-0.3, -0.25) is 4.79 Å². The highest BCUT2D eigenvalue weighted by Gasteiger charge is 2.25. The normalized spacial score (nSPS) is 17.1. The summed E-state index contributed by atoms with van der Waals surface area (Å²) in [5, 5.41) is 2.09. The Bertz CT molecular complexity index is 769. The third kappa shape index (κ3) is 3.77. The topological polar surface area (TPSA) is 51.7 Å². The van der Waals surface area contributed by atoms with Gasteiger partial charge in [-0.15, -0.1) is 11.3 Å². The number of aryl methyl sites for hydroxylation is 1. The Morgan fingerprint density at radius 3 is 2.88 bits per heavy atom. The van der Waals surface area contributed by atoms with Gasteiger partial charge in [-0.05, 0) is 43.9 Å². The number of amides is 1. The lowest BCUT2D eigenvalue weighted by Crippen LogP contribution is -2.38. The van der Waals surface area contributed by atoms with Crippen molar-refractivity contribution in [2.24, 2.45) is 5.92 Å². The fourth-order valence-electron chi connectivity index (χ4n) is 3.10. The standard InChI is InChI=1S/C18H20N2O3S2/c1-12-9-24-18(19-12)25-10-13-4-6-20(7-5-13)17(21)14-2-3-15-16(8-14)23-11-22-15/h2-3,8-9,13H,4-7,10-11H2,1H3. The molecule has 0 saturated carbocycles. The first kappa shape index (κ1) is 16.7. The molecule has 1 aromatic carbocycles. The van der Waals surface area contributed by atoms with Gasteiger partial charge in [0.15, 0.2) is 11.5 Å². The zero-order valence-corrected chi connectivity index (χ0v) is 15.7. The summed E-state index contributed by atoms with van der Waals surface area (Å²) in [5.41, 5.74) is 1.77. The third-order valence-electron chi connectivity index (χ3n) is 4.56. The third-order valence-corrected chi connectivity index (χ3v) is 6.93. The lowest BCUT2D eigenvalue weighted by atomic mass is 9.98. The second-order valence-corrected chi connectivity index (χ2v) is 8.49. The molecule has 1 saturated heterocycles. The number of hydrogen-bond acceptors (Lipinski definition) is 6. The molecule has 2 aliphatic rings. The molecule has 25 heavy (non-hydrogen) atoms. The van der Waals surface area contributed by atoms with Crippen molar-refractivity contribution >= 4 is 29.0 Å². The Hall–Kier alpha value is -1.73. The highest BCUT2D eigenvalue weighted by molar-refractivity contribution is 8.01. The maximum Gasteiger partial charge on any atom is 0.253 e. The number of nitrogens with zero attached hydrogens (tertiary/aromatic N) is 2. The van der Waals surface area contributed by atoms with E-state index in [9.17, 15) is 4.79 Å². The minimum atomic E-state index is 0.0833. The van der Waals surface area contributed by atoms with Crippen LogP contribution in [0.3, 0.4) is 0 Å². The number of hydrogen-bond donors (Lipinski definition) is 0. The number of piperidine rings is 1. The first-order valence-corrected chi connectivity index (χ1v) is 10.3. The molecule has 0 spiro atoms. The number of ether oxygens (including phenoxy) is 2. The summed E-state index contributed by atoms with van der Waals surface area (Å²) in [4.78, 5) is 19.2. The van der Waals surface area contributed by atoms with E-state index >= 15 is 0 Å². The van der Waals surface area contributed by atoms with E-state index in [0.29, 0.717) is 23.0 Å². The van der Waals surface area contributed by atoms with Crippen molar-refractivity contribution < 1.29 is 14.3 Å². The average molecular weight is 377 g/mol. The molecule has 5 nitrogen and oxygen atoms in total. The lowest BCUT2D eigenvalue weighted by molar-refractivity contribution is 0.0698. The molecule has 0 radical (unpaired) electrons. The van der Waals surface area contributed by atoms with Crippen LogP contribution in [0.4, 0.5) is 0 Å². The number of rotatable bonds is 4. The molecule has 3 heterocycles. The molecular formula is C18H20N2O3S2. The van der Waals surface area contributed by atoms with Crippen LogP contribution < -0.4 is 9.47 Å². The largest absolute Gasteiger partial charge is 0.454 e. The molecule has 0 aliphatic carbocycles. The van der Waals surface area contributed by atoms with E-state index in [0.717, 1.165) is 41.7 Å². The van der Waals surface area contributed by atoms with Crippen LogP contribution in [0.2, 0.25) is 0 Å². The molecule has 7 heteroatoms. The van der Waals surface area contributed by atoms with Crippen molar-refractivity contribution in [2.75, 3.05) is 25.6 Å². The minimum absolute atomic E-state index is 0.0833. The molecule has 1 fully saturated rings. The number of benzene rings is 1. The van der Waals surface area contributed by atoms with Gasteiger partial charge in [0.1, 0.15) is 4.34 Å². The van der Waals surface area contributed by atoms with Crippen molar-refractivity contribution in [1.29, 1.82) is 0 Å². The number of thiazole rings is 1. The molecule has 2 aromatic rings. The van der Waals surface area contributed by atoms with E-state index in [1.807, 2.05) is 35.7 Å². The Morgan fingerprint density at radius 1 is 1.32 bits per heavy atom. The van der Waals surface area contributed by atoms with E-state index in [2.05, 4.69) is 10.4 Å². The monoisotopic (exact) mass is 376 g/mol. The molecule has 0 atom stereocenters. The summed E-state index contributed by atoms with van der Waals surface area (Å²) in [5.74, 6) is 3.19. The number of aromatic nitrogens is 1. The lowest BCUT2D eigenvalue weighted by Gasteiger charge is -2.31. The van der Waals surface area contributed by atoms with Gasteiger partial charge in [-0.1, -0.05) is 11.8 Å². The van der Waals surface area contributed by atoms with Gasteiger partial charge < -0.3 is 14.4 Å². The maximum atomic E-state index is 12.7. The molecule has 4 rings (SSSR count). The molecule has 132 valence electrons. The fourth-order valence-corrected chi connectivity index (χ4v) is 5.16. The average Bonchev–Trinajstić information content (AvgIpc) is 3.27. The molecule has 2 aliphatic heterocycles. The quantitative estimate of drug-likeness (QED) is 0.759. The second-order valence-electron chi connectivity index (χ2n) is 6.37. The molecule has 0 unspecified atom stereocenters. The summed E-state index contributed by atoms with van der Waals surface area (Å²) in [6, 6.07) is 5.43. The van der Waals surface area contributed by atoms with Gasteiger partial charge in [0, 0.05) is 35.5 Å². The number of carbonyl (C=O) groups is 1. The maximum absolute atomic E-state index is 12.7. The van der Waals surface area contributed by atoms with E-state index in [4.69, 9.17) is 9.47 Å². The van der Waals surface area contributed by atoms with Gasteiger partial charge in [-0.25, -0.2) is 4.98 Å². The predicted molar refractivity (Wildman–Crippen MR) is 98.8 cm³/mol. The summed E-state index contributed by atoms with van der Waals surface area (Å²) >= 11 is 3.56. The van der Waals surface area contributed by atoms with Crippen molar-refractivity contribution in [2.45, 2.75) is 24.1 Å². The number of fused-ring (bicyclic) bond motifs is 1.